The van der Waals surface area contributed by atoms with Crippen molar-refractivity contribution in [1.82, 2.24) is 0 Å². The van der Waals surface area contributed by atoms with Gasteiger partial charge in [-0.25, -0.2) is 0 Å². The number of nitro groups is 1. The molecule has 0 saturated heterocycles. The first-order chi connectivity index (χ1) is 10.1. The Morgan fingerprint density at radius 2 is 1.68 bits per heavy atom. The van der Waals surface area contributed by atoms with E-state index < -0.39 is 38.9 Å². The molecular weight excluding hydrogens is 306 g/mol. The maximum absolute atomic E-state index is 12.6. The van der Waals surface area contributed by atoms with E-state index in [2.05, 4.69) is 0 Å². The van der Waals surface area contributed by atoms with Gasteiger partial charge in [-0.15, -0.1) is 0 Å². The van der Waals surface area contributed by atoms with Gasteiger partial charge in [0.05, 0.1) is 6.10 Å². The first-order valence-electron chi connectivity index (χ1n) is 7.24. The first kappa shape index (κ1) is 18.6. The van der Waals surface area contributed by atoms with Crippen LogP contribution in [0.5, 0.6) is 0 Å². The molecule has 0 amide bonds. The molecule has 1 aromatic rings. The first-order valence-corrected chi connectivity index (χ1v) is 8.71. The van der Waals surface area contributed by atoms with E-state index in [1.54, 1.807) is 58.0 Å². The van der Waals surface area contributed by atoms with Crippen molar-refractivity contribution in [3.05, 3.63) is 46.0 Å². The molecule has 124 valence electrons. The van der Waals surface area contributed by atoms with Crippen LogP contribution in [0.15, 0.2) is 30.3 Å². The van der Waals surface area contributed by atoms with Crippen molar-refractivity contribution in [2.24, 2.45) is 11.8 Å². The highest BCUT2D eigenvalue weighted by Gasteiger charge is 2.40. The second kappa shape index (κ2) is 7.69. The van der Waals surface area contributed by atoms with E-state index in [9.17, 15) is 18.5 Å². The minimum absolute atomic E-state index is 0.179. The minimum atomic E-state index is -3.97. The van der Waals surface area contributed by atoms with E-state index in [4.69, 9.17) is 4.18 Å². The molecule has 0 N–H and O–H groups in total. The zero-order valence-corrected chi connectivity index (χ0v) is 14.1. The van der Waals surface area contributed by atoms with E-state index in [1.165, 1.54) is 0 Å². The summed E-state index contributed by atoms with van der Waals surface area (Å²) in [6.07, 6.45) is -0.514. The molecule has 2 atom stereocenters. The van der Waals surface area contributed by atoms with Crippen molar-refractivity contribution in [1.29, 1.82) is 0 Å². The van der Waals surface area contributed by atoms with Crippen molar-refractivity contribution < 1.29 is 17.5 Å². The van der Waals surface area contributed by atoms with Crippen LogP contribution in [0.3, 0.4) is 0 Å². The second-order valence-corrected chi connectivity index (χ2v) is 7.58. The quantitative estimate of drug-likeness (QED) is 0.415. The smallest absolute Gasteiger partial charge is 0.267 e. The van der Waals surface area contributed by atoms with Gasteiger partial charge in [-0.2, -0.15) is 8.42 Å². The van der Waals surface area contributed by atoms with Crippen molar-refractivity contribution in [3.63, 3.8) is 0 Å². The summed E-state index contributed by atoms with van der Waals surface area (Å²) in [6.45, 7) is 6.40. The van der Waals surface area contributed by atoms with Gasteiger partial charge in [0.2, 0.25) is 6.54 Å². The molecule has 0 unspecified atom stereocenters. The van der Waals surface area contributed by atoms with Crippen LogP contribution >= 0.6 is 0 Å². The zero-order valence-electron chi connectivity index (χ0n) is 13.3. The fourth-order valence-corrected chi connectivity index (χ4v) is 4.40. The van der Waals surface area contributed by atoms with Crippen LogP contribution in [0.25, 0.3) is 0 Å². The summed E-state index contributed by atoms with van der Waals surface area (Å²) in [7, 11) is -3.97. The van der Waals surface area contributed by atoms with Gasteiger partial charge in [-0.3, -0.25) is 14.3 Å². The van der Waals surface area contributed by atoms with E-state index in [1.807, 2.05) is 0 Å². The van der Waals surface area contributed by atoms with E-state index in [-0.39, 0.29) is 5.92 Å². The fourth-order valence-electron chi connectivity index (χ4n) is 2.43. The lowest BCUT2D eigenvalue weighted by Gasteiger charge is -2.27. The molecule has 0 fully saturated rings. The Bertz CT molecular complexity index is 583. The number of benzene rings is 1. The molecule has 0 bridgehead atoms. The Morgan fingerprint density at radius 1 is 1.14 bits per heavy atom. The van der Waals surface area contributed by atoms with E-state index in [0.717, 1.165) is 0 Å². The van der Waals surface area contributed by atoms with Gasteiger partial charge < -0.3 is 0 Å². The normalized spacial score (nSPS) is 15.0. The Labute approximate surface area is 131 Å². The van der Waals surface area contributed by atoms with Crippen LogP contribution in [0.4, 0.5) is 0 Å². The predicted octanol–water partition coefficient (Wildman–Crippen LogP) is 3.03. The van der Waals surface area contributed by atoms with Gasteiger partial charge in [-0.1, -0.05) is 44.2 Å². The van der Waals surface area contributed by atoms with Crippen LogP contribution < -0.4 is 0 Å². The van der Waals surface area contributed by atoms with Crippen LogP contribution in [-0.2, 0) is 14.3 Å². The molecule has 0 aliphatic carbocycles. The van der Waals surface area contributed by atoms with E-state index >= 15 is 0 Å². The van der Waals surface area contributed by atoms with Gasteiger partial charge >= 0.3 is 0 Å². The Balaban J connectivity index is 3.35. The van der Waals surface area contributed by atoms with Crippen LogP contribution in [0.1, 0.15) is 38.5 Å². The standard InChI is InChI=1S/C15H23NO5S/c1-11(2)14(10-16(17)18)15(13-8-6-5-7-9-13)22(19,20)21-12(3)4/h5-9,11-12,14-15H,10H2,1-4H3/t14-,15-/m0/s1. The van der Waals surface area contributed by atoms with Crippen molar-refractivity contribution in [2.75, 3.05) is 6.54 Å². The number of hydrogen-bond acceptors (Lipinski definition) is 5. The average Bonchev–Trinajstić information content (AvgIpc) is 2.36. The fraction of sp³-hybridized carbons (Fsp3) is 0.600. The topological polar surface area (TPSA) is 86.5 Å². The van der Waals surface area contributed by atoms with Gasteiger partial charge in [0.1, 0.15) is 5.25 Å². The lowest BCUT2D eigenvalue weighted by molar-refractivity contribution is -0.489. The summed E-state index contributed by atoms with van der Waals surface area (Å²) in [4.78, 5) is 10.5. The highest BCUT2D eigenvalue weighted by molar-refractivity contribution is 7.87. The summed E-state index contributed by atoms with van der Waals surface area (Å²) in [6, 6.07) is 8.55. The molecule has 0 aliphatic heterocycles. The summed E-state index contributed by atoms with van der Waals surface area (Å²) >= 11 is 0. The monoisotopic (exact) mass is 329 g/mol. The second-order valence-electron chi connectivity index (χ2n) is 5.89. The molecule has 0 heterocycles. The third-order valence-corrected chi connectivity index (χ3v) is 5.27. The zero-order chi connectivity index (χ0) is 16.9. The van der Waals surface area contributed by atoms with E-state index in [0.29, 0.717) is 5.56 Å². The molecule has 0 aromatic heterocycles. The molecule has 22 heavy (non-hydrogen) atoms. The van der Waals surface area contributed by atoms with Crippen LogP contribution in [0.2, 0.25) is 0 Å². The summed E-state index contributed by atoms with van der Waals surface area (Å²) < 4.78 is 30.4. The summed E-state index contributed by atoms with van der Waals surface area (Å²) in [5.74, 6) is -0.845. The van der Waals surface area contributed by atoms with Crippen LogP contribution in [0, 0.1) is 22.0 Å². The van der Waals surface area contributed by atoms with Crippen molar-refractivity contribution >= 4 is 10.1 Å². The molecular formula is C15H23NO5S. The van der Waals surface area contributed by atoms with Gasteiger partial charge in [-0.05, 0) is 25.3 Å². The Morgan fingerprint density at radius 3 is 2.09 bits per heavy atom. The number of hydrogen-bond donors (Lipinski definition) is 0. The highest BCUT2D eigenvalue weighted by Crippen LogP contribution is 2.36. The third-order valence-electron chi connectivity index (χ3n) is 3.37. The molecule has 7 heteroatoms. The van der Waals surface area contributed by atoms with Crippen molar-refractivity contribution in [3.8, 4) is 0 Å². The van der Waals surface area contributed by atoms with Gasteiger partial charge in [0.25, 0.3) is 10.1 Å². The maximum Gasteiger partial charge on any atom is 0.275 e. The average molecular weight is 329 g/mol. The van der Waals surface area contributed by atoms with Gasteiger partial charge in [0.15, 0.2) is 0 Å². The molecule has 0 saturated carbocycles. The van der Waals surface area contributed by atoms with Crippen molar-refractivity contribution in [2.45, 2.75) is 39.0 Å². The SMILES string of the molecule is CC(C)OS(=O)(=O)[C@@H](c1ccccc1)[C@@H](C[N+](=O)[O-])C(C)C. The predicted molar refractivity (Wildman–Crippen MR) is 84.5 cm³/mol. The maximum atomic E-state index is 12.6. The molecule has 0 aliphatic rings. The largest absolute Gasteiger partial charge is 0.275 e. The lowest BCUT2D eigenvalue weighted by Crippen LogP contribution is -2.33. The summed E-state index contributed by atoms with van der Waals surface area (Å²) in [5.41, 5.74) is 0.517. The number of rotatable bonds is 8. The number of nitrogens with zero attached hydrogens (tertiary/aromatic N) is 1. The lowest BCUT2D eigenvalue weighted by atomic mass is 9.88. The van der Waals surface area contributed by atoms with Crippen LogP contribution in [-0.4, -0.2) is 26.0 Å². The molecule has 1 aromatic carbocycles. The molecule has 1 rings (SSSR count). The summed E-state index contributed by atoms with van der Waals surface area (Å²) in [5, 5.41) is 9.91. The molecule has 6 nitrogen and oxygen atoms in total. The van der Waals surface area contributed by atoms with Gasteiger partial charge in [0, 0.05) is 10.8 Å². The highest BCUT2D eigenvalue weighted by atomic mass is 32.2. The Kier molecular flexibility index (Phi) is 6.49. The molecule has 0 radical (unpaired) electrons. The third kappa shape index (κ3) is 5.06. The molecule has 0 spiro atoms. The minimum Gasteiger partial charge on any atom is -0.267 e. The Hall–Kier alpha value is -1.47.